The highest BCUT2D eigenvalue weighted by atomic mass is 127. The maximum absolute atomic E-state index is 4.70. The third-order valence-electron chi connectivity index (χ3n) is 4.75. The number of hydrogen-bond donors (Lipinski definition) is 2. The van der Waals surface area contributed by atoms with E-state index in [2.05, 4.69) is 51.8 Å². The number of guanidine groups is 1. The van der Waals surface area contributed by atoms with Crippen molar-refractivity contribution >= 4 is 29.9 Å². The van der Waals surface area contributed by atoms with Crippen LogP contribution < -0.4 is 10.6 Å². The molecule has 27 heavy (non-hydrogen) atoms. The minimum absolute atomic E-state index is 0. The predicted octanol–water partition coefficient (Wildman–Crippen LogP) is 2.89. The molecular formula is C20H31IN6. The van der Waals surface area contributed by atoms with Crippen molar-refractivity contribution in [1.29, 1.82) is 0 Å². The van der Waals surface area contributed by atoms with E-state index in [0.717, 1.165) is 24.7 Å². The molecule has 2 heterocycles. The van der Waals surface area contributed by atoms with Gasteiger partial charge in [-0.1, -0.05) is 24.3 Å². The molecule has 0 saturated carbocycles. The molecule has 148 valence electrons. The van der Waals surface area contributed by atoms with Crippen molar-refractivity contribution in [3.63, 3.8) is 0 Å². The quantitative estimate of drug-likeness (QED) is 0.362. The average Bonchev–Trinajstić information content (AvgIpc) is 3.30. The first kappa shape index (κ1) is 21.7. The summed E-state index contributed by atoms with van der Waals surface area (Å²) in [5.41, 5.74) is 3.75. The van der Waals surface area contributed by atoms with Crippen LogP contribution in [0.1, 0.15) is 36.6 Å². The summed E-state index contributed by atoms with van der Waals surface area (Å²) in [7, 11) is 1.95. The fraction of sp³-hybridized carbons (Fsp3) is 0.500. The number of benzene rings is 1. The summed E-state index contributed by atoms with van der Waals surface area (Å²) in [4.78, 5) is 7.23. The number of rotatable bonds is 7. The van der Waals surface area contributed by atoms with Crippen molar-refractivity contribution in [3.05, 3.63) is 53.3 Å². The van der Waals surface area contributed by atoms with E-state index < -0.39 is 0 Å². The Balaban J connectivity index is 0.00000261. The molecule has 1 saturated heterocycles. The van der Waals surface area contributed by atoms with Gasteiger partial charge in [-0.05, 0) is 50.0 Å². The summed E-state index contributed by atoms with van der Waals surface area (Å²) >= 11 is 0. The Morgan fingerprint density at radius 2 is 1.78 bits per heavy atom. The Bertz CT molecular complexity index is 704. The van der Waals surface area contributed by atoms with Gasteiger partial charge >= 0.3 is 0 Å². The molecule has 6 nitrogen and oxygen atoms in total. The van der Waals surface area contributed by atoms with Gasteiger partial charge in [0.15, 0.2) is 5.96 Å². The summed E-state index contributed by atoms with van der Waals surface area (Å²) in [5.74, 6) is 0.829. The van der Waals surface area contributed by atoms with Crippen molar-refractivity contribution in [2.75, 3.05) is 19.6 Å². The van der Waals surface area contributed by atoms with E-state index in [4.69, 9.17) is 4.99 Å². The number of halogens is 1. The molecule has 0 amide bonds. The van der Waals surface area contributed by atoms with Crippen LogP contribution in [0.4, 0.5) is 0 Å². The van der Waals surface area contributed by atoms with Gasteiger partial charge in [0.1, 0.15) is 0 Å². The fourth-order valence-corrected chi connectivity index (χ4v) is 3.21. The van der Waals surface area contributed by atoms with Crippen molar-refractivity contribution in [2.24, 2.45) is 12.0 Å². The van der Waals surface area contributed by atoms with Crippen LogP contribution in [-0.2, 0) is 26.7 Å². The van der Waals surface area contributed by atoms with Crippen LogP contribution in [0, 0.1) is 0 Å². The molecule has 1 fully saturated rings. The maximum atomic E-state index is 4.70. The molecule has 0 atom stereocenters. The van der Waals surface area contributed by atoms with Gasteiger partial charge in [0.05, 0.1) is 18.8 Å². The standard InChI is InChI=1S/C20H30N6.HI/c1-3-21-20(23-15-19-10-11-24-25(19)2)22-14-17-6-8-18(9-7-17)16-26-12-4-5-13-26;/h6-11H,3-5,12-16H2,1-2H3,(H2,21,22,23);1H. The number of hydrogen-bond acceptors (Lipinski definition) is 3. The van der Waals surface area contributed by atoms with Crippen LogP contribution in [0.15, 0.2) is 41.5 Å². The number of aryl methyl sites for hydroxylation is 1. The predicted molar refractivity (Wildman–Crippen MR) is 121 cm³/mol. The lowest BCUT2D eigenvalue weighted by atomic mass is 10.1. The van der Waals surface area contributed by atoms with E-state index in [-0.39, 0.29) is 24.0 Å². The van der Waals surface area contributed by atoms with Crippen LogP contribution >= 0.6 is 24.0 Å². The summed E-state index contributed by atoms with van der Waals surface area (Å²) in [6.45, 7) is 7.83. The van der Waals surface area contributed by atoms with Gasteiger partial charge in [-0.25, -0.2) is 4.99 Å². The molecule has 0 unspecified atom stereocenters. The number of likely N-dealkylation sites (tertiary alicyclic amines) is 1. The van der Waals surface area contributed by atoms with E-state index in [1.807, 2.05) is 24.0 Å². The highest BCUT2D eigenvalue weighted by molar-refractivity contribution is 14.0. The average molecular weight is 482 g/mol. The molecule has 3 rings (SSSR count). The summed E-state index contributed by atoms with van der Waals surface area (Å²) in [6, 6.07) is 10.9. The molecule has 0 spiro atoms. The molecular weight excluding hydrogens is 451 g/mol. The number of nitrogens with zero attached hydrogens (tertiary/aromatic N) is 4. The van der Waals surface area contributed by atoms with Crippen molar-refractivity contribution in [3.8, 4) is 0 Å². The second-order valence-corrected chi connectivity index (χ2v) is 6.79. The van der Waals surface area contributed by atoms with E-state index in [1.165, 1.54) is 37.1 Å². The van der Waals surface area contributed by atoms with Gasteiger partial charge < -0.3 is 10.6 Å². The van der Waals surface area contributed by atoms with Crippen LogP contribution in [0.2, 0.25) is 0 Å². The van der Waals surface area contributed by atoms with Gasteiger partial charge in [-0.15, -0.1) is 24.0 Å². The molecule has 1 aliphatic heterocycles. The van der Waals surface area contributed by atoms with Gasteiger partial charge in [0, 0.05) is 26.3 Å². The largest absolute Gasteiger partial charge is 0.357 e. The van der Waals surface area contributed by atoms with Gasteiger partial charge in [0.2, 0.25) is 0 Å². The van der Waals surface area contributed by atoms with Crippen LogP contribution in [0.5, 0.6) is 0 Å². The first-order chi connectivity index (χ1) is 12.7. The number of aliphatic imine (C=N–C) groups is 1. The van der Waals surface area contributed by atoms with Crippen LogP contribution in [0.3, 0.4) is 0 Å². The summed E-state index contributed by atoms with van der Waals surface area (Å²) < 4.78 is 1.87. The Morgan fingerprint density at radius 1 is 1.07 bits per heavy atom. The number of aromatic nitrogens is 2. The molecule has 0 aliphatic carbocycles. The lowest BCUT2D eigenvalue weighted by molar-refractivity contribution is 0.331. The molecule has 7 heteroatoms. The minimum atomic E-state index is 0. The van der Waals surface area contributed by atoms with Crippen molar-refractivity contribution in [1.82, 2.24) is 25.3 Å². The monoisotopic (exact) mass is 482 g/mol. The minimum Gasteiger partial charge on any atom is -0.357 e. The Hall–Kier alpha value is -1.61. The first-order valence-corrected chi connectivity index (χ1v) is 9.54. The third-order valence-corrected chi connectivity index (χ3v) is 4.75. The summed E-state index contributed by atoms with van der Waals surface area (Å²) in [5, 5.41) is 10.9. The van der Waals surface area contributed by atoms with Crippen LogP contribution in [0.25, 0.3) is 0 Å². The lowest BCUT2D eigenvalue weighted by Crippen LogP contribution is -2.37. The Labute approximate surface area is 179 Å². The molecule has 2 aromatic rings. The zero-order valence-electron chi connectivity index (χ0n) is 16.3. The first-order valence-electron chi connectivity index (χ1n) is 9.54. The van der Waals surface area contributed by atoms with E-state index in [1.54, 1.807) is 0 Å². The van der Waals surface area contributed by atoms with Crippen LogP contribution in [-0.4, -0.2) is 40.3 Å². The molecule has 1 aromatic carbocycles. The molecule has 0 bridgehead atoms. The van der Waals surface area contributed by atoms with Crippen molar-refractivity contribution < 1.29 is 0 Å². The van der Waals surface area contributed by atoms with Gasteiger partial charge in [-0.2, -0.15) is 5.10 Å². The highest BCUT2D eigenvalue weighted by Crippen LogP contribution is 2.13. The highest BCUT2D eigenvalue weighted by Gasteiger charge is 2.11. The molecule has 1 aromatic heterocycles. The Kier molecular flexibility index (Phi) is 9.06. The normalized spacial score (nSPS) is 14.8. The smallest absolute Gasteiger partial charge is 0.191 e. The second kappa shape index (κ2) is 11.3. The fourth-order valence-electron chi connectivity index (χ4n) is 3.21. The molecule has 0 radical (unpaired) electrons. The Morgan fingerprint density at radius 3 is 2.41 bits per heavy atom. The van der Waals surface area contributed by atoms with E-state index in [9.17, 15) is 0 Å². The third kappa shape index (κ3) is 6.80. The zero-order valence-corrected chi connectivity index (χ0v) is 18.6. The van der Waals surface area contributed by atoms with E-state index >= 15 is 0 Å². The zero-order chi connectivity index (χ0) is 18.2. The SMILES string of the molecule is CCNC(=NCc1ccc(CN2CCCC2)cc1)NCc1ccnn1C.I. The second-order valence-electron chi connectivity index (χ2n) is 6.79. The summed E-state index contributed by atoms with van der Waals surface area (Å²) in [6.07, 6.45) is 4.49. The topological polar surface area (TPSA) is 57.5 Å². The lowest BCUT2D eigenvalue weighted by Gasteiger charge is -2.14. The molecule has 2 N–H and O–H groups in total. The van der Waals surface area contributed by atoms with Gasteiger partial charge in [0.25, 0.3) is 0 Å². The molecule has 1 aliphatic rings. The maximum Gasteiger partial charge on any atom is 0.191 e. The van der Waals surface area contributed by atoms with E-state index in [0.29, 0.717) is 13.1 Å². The number of nitrogens with one attached hydrogen (secondary N) is 2. The van der Waals surface area contributed by atoms with Gasteiger partial charge in [-0.3, -0.25) is 9.58 Å². The van der Waals surface area contributed by atoms with Crippen molar-refractivity contribution in [2.45, 2.75) is 39.4 Å².